The molecule has 0 bridgehead atoms. The van der Waals surface area contributed by atoms with Crippen molar-refractivity contribution in [3.05, 3.63) is 65.2 Å². The van der Waals surface area contributed by atoms with E-state index in [1.54, 1.807) is 41.3 Å². The minimum absolute atomic E-state index is 0.0418. The van der Waals surface area contributed by atoms with Crippen LogP contribution in [0.4, 0.5) is 5.69 Å². The summed E-state index contributed by atoms with van der Waals surface area (Å²) in [6.07, 6.45) is 3.64. The van der Waals surface area contributed by atoms with Crippen LogP contribution in [-0.4, -0.2) is 42.3 Å². The van der Waals surface area contributed by atoms with Gasteiger partial charge in [-0.1, -0.05) is 31.0 Å². The van der Waals surface area contributed by atoms with Gasteiger partial charge in [0, 0.05) is 36.4 Å². The molecule has 6 heteroatoms. The lowest BCUT2D eigenvalue weighted by Crippen LogP contribution is -2.45. The van der Waals surface area contributed by atoms with Gasteiger partial charge in [-0.25, -0.2) is 0 Å². The quantitative estimate of drug-likeness (QED) is 0.663. The first-order chi connectivity index (χ1) is 15.0. The molecule has 0 aliphatic carbocycles. The van der Waals surface area contributed by atoms with Crippen molar-refractivity contribution in [2.24, 2.45) is 5.92 Å². The molecule has 0 radical (unpaired) electrons. The monoisotopic (exact) mass is 421 g/mol. The summed E-state index contributed by atoms with van der Waals surface area (Å²) in [4.78, 5) is 39.4. The summed E-state index contributed by atoms with van der Waals surface area (Å²) in [6.45, 7) is 5.86. The smallest absolute Gasteiger partial charge is 0.255 e. The lowest BCUT2D eigenvalue weighted by atomic mass is 9.96. The Kier molecular flexibility index (Phi) is 7.82. The third kappa shape index (κ3) is 6.17. The van der Waals surface area contributed by atoms with Crippen molar-refractivity contribution in [2.75, 3.05) is 25.0 Å². The molecule has 2 N–H and O–H groups in total. The minimum Gasteiger partial charge on any atom is -0.356 e. The zero-order valence-electron chi connectivity index (χ0n) is 18.3. The van der Waals surface area contributed by atoms with E-state index < -0.39 is 0 Å². The number of rotatable bonds is 7. The molecule has 6 nitrogen and oxygen atoms in total. The van der Waals surface area contributed by atoms with E-state index in [-0.39, 0.29) is 23.6 Å². The second-order valence-electron chi connectivity index (χ2n) is 8.13. The highest BCUT2D eigenvalue weighted by Crippen LogP contribution is 2.20. The summed E-state index contributed by atoms with van der Waals surface area (Å²) < 4.78 is 0. The summed E-state index contributed by atoms with van der Waals surface area (Å²) in [6, 6.07) is 14.3. The average molecular weight is 422 g/mol. The third-order valence-corrected chi connectivity index (χ3v) is 5.61. The van der Waals surface area contributed by atoms with Gasteiger partial charge in [0.05, 0.1) is 5.92 Å². The molecule has 3 amide bonds. The number of carbonyl (C=O) groups excluding carboxylic acids is 3. The molecule has 31 heavy (non-hydrogen) atoms. The first-order valence-corrected chi connectivity index (χ1v) is 11.0. The Hall–Kier alpha value is -3.15. The van der Waals surface area contributed by atoms with Gasteiger partial charge >= 0.3 is 0 Å². The Bertz CT molecular complexity index is 907. The number of anilines is 1. The molecule has 0 unspecified atom stereocenters. The first kappa shape index (κ1) is 22.5. The number of carbonyl (C=O) groups is 3. The maximum absolute atomic E-state index is 12.9. The summed E-state index contributed by atoms with van der Waals surface area (Å²) >= 11 is 0. The van der Waals surface area contributed by atoms with E-state index in [9.17, 15) is 14.4 Å². The molecule has 2 aromatic carbocycles. The maximum atomic E-state index is 12.9. The highest BCUT2D eigenvalue weighted by Gasteiger charge is 2.28. The molecule has 1 fully saturated rings. The zero-order valence-corrected chi connectivity index (χ0v) is 18.3. The van der Waals surface area contributed by atoms with E-state index in [0.717, 1.165) is 31.2 Å². The van der Waals surface area contributed by atoms with Crippen LogP contribution in [0.25, 0.3) is 0 Å². The van der Waals surface area contributed by atoms with Gasteiger partial charge in [-0.15, -0.1) is 0 Å². The van der Waals surface area contributed by atoms with Crippen LogP contribution in [0.5, 0.6) is 0 Å². The zero-order chi connectivity index (χ0) is 22.2. The Morgan fingerprint density at radius 3 is 2.35 bits per heavy atom. The summed E-state index contributed by atoms with van der Waals surface area (Å²) in [5.74, 6) is -0.378. The van der Waals surface area contributed by atoms with Gasteiger partial charge in [0.1, 0.15) is 0 Å². The normalized spacial score (nSPS) is 15.9. The minimum atomic E-state index is -0.188. The maximum Gasteiger partial charge on any atom is 0.255 e. The van der Waals surface area contributed by atoms with Crippen LogP contribution in [0, 0.1) is 12.8 Å². The van der Waals surface area contributed by atoms with Crippen molar-refractivity contribution in [3.63, 3.8) is 0 Å². The largest absolute Gasteiger partial charge is 0.356 e. The van der Waals surface area contributed by atoms with Gasteiger partial charge in [-0.05, 0) is 62.6 Å². The predicted molar refractivity (Wildman–Crippen MR) is 122 cm³/mol. The second-order valence-corrected chi connectivity index (χ2v) is 8.13. The Morgan fingerprint density at radius 1 is 1.00 bits per heavy atom. The van der Waals surface area contributed by atoms with Gasteiger partial charge in [0.15, 0.2) is 0 Å². The molecule has 1 heterocycles. The molecule has 2 aromatic rings. The lowest BCUT2D eigenvalue weighted by molar-refractivity contribution is -0.126. The fraction of sp³-hybridized carbons (Fsp3) is 0.400. The van der Waals surface area contributed by atoms with E-state index in [1.807, 2.05) is 19.1 Å². The Morgan fingerprint density at radius 2 is 1.68 bits per heavy atom. The van der Waals surface area contributed by atoms with Crippen LogP contribution >= 0.6 is 0 Å². The number of hydrogen-bond acceptors (Lipinski definition) is 3. The predicted octanol–water partition coefficient (Wildman–Crippen LogP) is 4.02. The number of hydrogen-bond donors (Lipinski definition) is 2. The summed E-state index contributed by atoms with van der Waals surface area (Å²) in [5.41, 5.74) is 2.87. The molecule has 0 saturated carbocycles. The number of piperidine rings is 1. The third-order valence-electron chi connectivity index (χ3n) is 5.61. The molecule has 1 aliphatic heterocycles. The van der Waals surface area contributed by atoms with Crippen LogP contribution in [0.3, 0.4) is 0 Å². The van der Waals surface area contributed by atoms with Crippen LogP contribution in [0.1, 0.15) is 58.9 Å². The van der Waals surface area contributed by atoms with Crippen molar-refractivity contribution in [1.82, 2.24) is 10.2 Å². The van der Waals surface area contributed by atoms with Gasteiger partial charge in [0.25, 0.3) is 11.8 Å². The summed E-state index contributed by atoms with van der Waals surface area (Å²) in [5, 5.41) is 5.83. The Labute approximate surface area is 184 Å². The molecule has 1 saturated heterocycles. The number of aryl methyl sites for hydroxylation is 1. The SMILES string of the molecule is CCCCNC(=O)[C@@H]1CCCN(C(=O)c2ccc(NC(=O)c3ccc(C)cc3)cc2)C1. The van der Waals surface area contributed by atoms with Crippen LogP contribution < -0.4 is 10.6 Å². The molecule has 0 spiro atoms. The number of likely N-dealkylation sites (tertiary alicyclic amines) is 1. The molecular formula is C25H31N3O3. The fourth-order valence-electron chi connectivity index (χ4n) is 3.70. The number of nitrogens with one attached hydrogen (secondary N) is 2. The van der Waals surface area contributed by atoms with E-state index in [1.165, 1.54) is 0 Å². The van der Waals surface area contributed by atoms with Gasteiger partial charge in [-0.2, -0.15) is 0 Å². The van der Waals surface area contributed by atoms with Crippen molar-refractivity contribution in [3.8, 4) is 0 Å². The fourth-order valence-corrected chi connectivity index (χ4v) is 3.70. The van der Waals surface area contributed by atoms with E-state index in [4.69, 9.17) is 0 Å². The van der Waals surface area contributed by atoms with Crippen LogP contribution in [-0.2, 0) is 4.79 Å². The Balaban J connectivity index is 1.57. The molecule has 164 valence electrons. The van der Waals surface area contributed by atoms with Crippen molar-refractivity contribution < 1.29 is 14.4 Å². The number of amides is 3. The number of unbranched alkanes of at least 4 members (excludes halogenated alkanes) is 1. The van der Waals surface area contributed by atoms with E-state index in [0.29, 0.717) is 36.4 Å². The molecule has 0 aromatic heterocycles. The molecule has 1 atom stereocenters. The molecule has 1 aliphatic rings. The highest BCUT2D eigenvalue weighted by atomic mass is 16.2. The highest BCUT2D eigenvalue weighted by molar-refractivity contribution is 6.04. The second kappa shape index (κ2) is 10.8. The standard InChI is InChI=1S/C25H31N3O3/c1-3-4-15-26-23(29)21-6-5-16-28(17-21)25(31)20-11-13-22(14-12-20)27-24(30)19-9-7-18(2)8-10-19/h7-14,21H,3-6,15-17H2,1-2H3,(H,26,29)(H,27,30)/t21-/m1/s1. The first-order valence-electron chi connectivity index (χ1n) is 11.0. The van der Waals surface area contributed by atoms with Gasteiger partial charge in [-0.3, -0.25) is 14.4 Å². The van der Waals surface area contributed by atoms with Gasteiger partial charge in [0.2, 0.25) is 5.91 Å². The van der Waals surface area contributed by atoms with E-state index in [2.05, 4.69) is 17.6 Å². The lowest BCUT2D eigenvalue weighted by Gasteiger charge is -2.32. The molecular weight excluding hydrogens is 390 g/mol. The van der Waals surface area contributed by atoms with E-state index >= 15 is 0 Å². The topological polar surface area (TPSA) is 78.5 Å². The molecule has 3 rings (SSSR count). The van der Waals surface area contributed by atoms with Crippen LogP contribution in [0.2, 0.25) is 0 Å². The number of nitrogens with zero attached hydrogens (tertiary/aromatic N) is 1. The van der Waals surface area contributed by atoms with Crippen molar-refractivity contribution >= 4 is 23.4 Å². The van der Waals surface area contributed by atoms with Crippen LogP contribution in [0.15, 0.2) is 48.5 Å². The van der Waals surface area contributed by atoms with Crippen molar-refractivity contribution in [2.45, 2.75) is 39.5 Å². The number of benzene rings is 2. The van der Waals surface area contributed by atoms with Gasteiger partial charge < -0.3 is 15.5 Å². The average Bonchev–Trinajstić information content (AvgIpc) is 2.79. The van der Waals surface area contributed by atoms with Crippen molar-refractivity contribution in [1.29, 1.82) is 0 Å². The summed E-state index contributed by atoms with van der Waals surface area (Å²) in [7, 11) is 0.